The lowest BCUT2D eigenvalue weighted by atomic mass is 10.1. The number of hydrogen-bond acceptors (Lipinski definition) is 4. The van der Waals surface area contributed by atoms with Crippen LogP contribution in [0.4, 0.5) is 52.7 Å². The molecule has 0 saturated carbocycles. The van der Waals surface area contributed by atoms with E-state index in [-0.39, 0.29) is 24.3 Å². The summed E-state index contributed by atoms with van der Waals surface area (Å²) in [7, 11) is -12.6. The van der Waals surface area contributed by atoms with E-state index < -0.39 is 88.9 Å². The Balaban J connectivity index is 2.79. The highest BCUT2D eigenvalue weighted by Gasteiger charge is 2.44. The summed E-state index contributed by atoms with van der Waals surface area (Å²) in [5.74, 6) is 0. The number of alkyl halides is 12. The first-order chi connectivity index (χ1) is 15.4. The SMILES string of the molecule is O=S(=O)(NS(=O)(=O)c1cc(C(F)(F)F)ccc1C(F)(F)F)c1cc(C(F)(F)F)ccc1C(F)(F)F. The van der Waals surface area contributed by atoms with E-state index in [2.05, 4.69) is 0 Å². The second-order valence-electron chi connectivity index (χ2n) is 6.50. The van der Waals surface area contributed by atoms with Crippen molar-refractivity contribution in [3.63, 3.8) is 0 Å². The van der Waals surface area contributed by atoms with Crippen molar-refractivity contribution < 1.29 is 69.5 Å². The maximum atomic E-state index is 13.2. The van der Waals surface area contributed by atoms with Crippen LogP contribution in [-0.2, 0) is 44.8 Å². The summed E-state index contributed by atoms with van der Waals surface area (Å²) in [6.45, 7) is 0. The van der Waals surface area contributed by atoms with E-state index in [0.29, 0.717) is 4.13 Å². The molecule has 2 aromatic carbocycles. The molecule has 0 aliphatic carbocycles. The van der Waals surface area contributed by atoms with E-state index in [0.717, 1.165) is 0 Å². The third-order valence-corrected chi connectivity index (χ3v) is 7.62. The molecule has 196 valence electrons. The average molecular weight is 569 g/mol. The van der Waals surface area contributed by atoms with Gasteiger partial charge in [-0.05, 0) is 36.4 Å². The first kappa shape index (κ1) is 28.7. The monoisotopic (exact) mass is 569 g/mol. The van der Waals surface area contributed by atoms with E-state index in [4.69, 9.17) is 0 Å². The first-order valence-corrected chi connectivity index (χ1v) is 11.2. The third-order valence-electron chi connectivity index (χ3n) is 4.03. The Labute approximate surface area is 187 Å². The van der Waals surface area contributed by atoms with Gasteiger partial charge in [-0.25, -0.2) is 16.8 Å². The number of hydrogen-bond donors (Lipinski definition) is 1. The van der Waals surface area contributed by atoms with Gasteiger partial charge >= 0.3 is 24.7 Å². The normalized spacial score (nSPS) is 14.3. The topological polar surface area (TPSA) is 80.3 Å². The Morgan fingerprint density at radius 1 is 0.486 bits per heavy atom. The molecule has 0 bridgehead atoms. The smallest absolute Gasteiger partial charge is 0.206 e. The van der Waals surface area contributed by atoms with Crippen molar-refractivity contribution in [2.24, 2.45) is 0 Å². The van der Waals surface area contributed by atoms with Crippen molar-refractivity contribution in [3.05, 3.63) is 58.7 Å². The van der Waals surface area contributed by atoms with Gasteiger partial charge < -0.3 is 0 Å². The zero-order valence-electron chi connectivity index (χ0n) is 15.9. The van der Waals surface area contributed by atoms with Crippen LogP contribution in [0, 0.1) is 0 Å². The van der Waals surface area contributed by atoms with E-state index >= 15 is 0 Å². The fraction of sp³-hybridized carbons (Fsp3) is 0.250. The largest absolute Gasteiger partial charge is 0.417 e. The highest BCUT2D eigenvalue weighted by Crippen LogP contribution is 2.40. The second-order valence-corrected chi connectivity index (χ2v) is 10.1. The van der Waals surface area contributed by atoms with E-state index in [1.807, 2.05) is 0 Å². The summed E-state index contributed by atoms with van der Waals surface area (Å²) < 4.78 is 206. The molecule has 2 aromatic rings. The van der Waals surface area contributed by atoms with Gasteiger partial charge in [0.05, 0.1) is 32.0 Å². The maximum absolute atomic E-state index is 13.2. The molecule has 0 atom stereocenters. The van der Waals surface area contributed by atoms with Crippen LogP contribution in [0.2, 0.25) is 0 Å². The molecule has 19 heteroatoms. The molecule has 0 fully saturated rings. The summed E-state index contributed by atoms with van der Waals surface area (Å²) in [5.41, 5.74) is -8.71. The second kappa shape index (κ2) is 8.54. The van der Waals surface area contributed by atoms with Crippen molar-refractivity contribution in [1.29, 1.82) is 0 Å². The Morgan fingerprint density at radius 3 is 1.00 bits per heavy atom. The summed E-state index contributed by atoms with van der Waals surface area (Å²) >= 11 is 0. The average Bonchev–Trinajstić information content (AvgIpc) is 2.63. The van der Waals surface area contributed by atoms with Gasteiger partial charge in [0.25, 0.3) is 20.0 Å². The molecule has 0 radical (unpaired) electrons. The van der Waals surface area contributed by atoms with Crippen LogP contribution < -0.4 is 4.13 Å². The molecule has 35 heavy (non-hydrogen) atoms. The van der Waals surface area contributed by atoms with E-state index in [9.17, 15) is 69.5 Å². The molecule has 0 aromatic heterocycles. The Kier molecular flexibility index (Phi) is 7.00. The van der Waals surface area contributed by atoms with Gasteiger partial charge in [0, 0.05) is 0 Å². The van der Waals surface area contributed by atoms with Gasteiger partial charge in [-0.3, -0.25) is 0 Å². The summed E-state index contributed by atoms with van der Waals surface area (Å²) in [6, 6.07) is -2.45. The molecule has 0 aliphatic rings. The van der Waals surface area contributed by atoms with Gasteiger partial charge in [0.1, 0.15) is 0 Å². The van der Waals surface area contributed by atoms with Crippen molar-refractivity contribution in [1.82, 2.24) is 4.13 Å². The number of rotatable bonds is 4. The lowest BCUT2D eigenvalue weighted by Crippen LogP contribution is -2.34. The molecule has 2 rings (SSSR count). The van der Waals surface area contributed by atoms with Crippen LogP contribution in [0.25, 0.3) is 0 Å². The number of sulfonamides is 2. The minimum atomic E-state index is -6.28. The minimum absolute atomic E-state index is 0.203. The lowest BCUT2D eigenvalue weighted by molar-refractivity contribution is -0.143. The zero-order valence-corrected chi connectivity index (χ0v) is 17.6. The van der Waals surface area contributed by atoms with Crippen LogP contribution in [0.5, 0.6) is 0 Å². The van der Waals surface area contributed by atoms with Crippen LogP contribution in [0.3, 0.4) is 0 Å². The summed E-state index contributed by atoms with van der Waals surface area (Å²) in [6.07, 6.45) is -22.3. The number of nitrogens with one attached hydrogen (secondary N) is 1. The quantitative estimate of drug-likeness (QED) is 0.499. The number of benzene rings is 2. The first-order valence-electron chi connectivity index (χ1n) is 8.23. The molecular formula is C16H7F12NO4S2. The number of halogens is 12. The van der Waals surface area contributed by atoms with Gasteiger partial charge in [0.15, 0.2) is 0 Å². The molecule has 0 unspecified atom stereocenters. The zero-order chi connectivity index (χ0) is 27.4. The van der Waals surface area contributed by atoms with Crippen LogP contribution in [-0.4, -0.2) is 16.8 Å². The van der Waals surface area contributed by atoms with Gasteiger partial charge in [0.2, 0.25) is 0 Å². The Morgan fingerprint density at radius 2 is 0.771 bits per heavy atom. The predicted octanol–water partition coefficient (Wildman–Crippen LogP) is 5.43. The molecule has 0 aliphatic heterocycles. The highest BCUT2D eigenvalue weighted by atomic mass is 32.3. The van der Waals surface area contributed by atoms with Gasteiger partial charge in [-0.1, -0.05) is 0 Å². The molecule has 5 nitrogen and oxygen atoms in total. The Hall–Kier alpha value is -2.54. The third kappa shape index (κ3) is 6.37. The minimum Gasteiger partial charge on any atom is -0.206 e. The lowest BCUT2D eigenvalue weighted by Gasteiger charge is -2.18. The fourth-order valence-electron chi connectivity index (χ4n) is 2.54. The van der Waals surface area contributed by atoms with Crippen molar-refractivity contribution in [2.45, 2.75) is 34.5 Å². The standard InChI is InChI=1S/C16H7F12NO4S2/c17-13(18,19)7-1-3-9(15(23,24)25)11(5-7)34(30,31)29-35(32,33)12-6-8(14(20,21)22)2-4-10(12)16(26,27)28/h1-6,29H. The van der Waals surface area contributed by atoms with Crippen molar-refractivity contribution >= 4 is 20.0 Å². The predicted molar refractivity (Wildman–Crippen MR) is 90.4 cm³/mol. The van der Waals surface area contributed by atoms with Crippen molar-refractivity contribution in [3.8, 4) is 0 Å². The Bertz CT molecular complexity index is 1240. The summed E-state index contributed by atoms with van der Waals surface area (Å²) in [4.78, 5) is -4.71. The van der Waals surface area contributed by atoms with E-state index in [1.54, 1.807) is 0 Å². The molecule has 1 N–H and O–H groups in total. The van der Waals surface area contributed by atoms with Gasteiger partial charge in [-0.2, -0.15) is 52.7 Å². The molecule has 0 saturated heterocycles. The van der Waals surface area contributed by atoms with E-state index in [1.165, 1.54) is 0 Å². The maximum Gasteiger partial charge on any atom is 0.417 e. The highest BCUT2D eigenvalue weighted by molar-refractivity contribution is 8.04. The molecular weight excluding hydrogens is 562 g/mol. The van der Waals surface area contributed by atoms with Crippen molar-refractivity contribution in [2.75, 3.05) is 0 Å². The molecule has 0 amide bonds. The molecule has 0 heterocycles. The molecule has 0 spiro atoms. The summed E-state index contributed by atoms with van der Waals surface area (Å²) in [5, 5.41) is 0. The fourth-order valence-corrected chi connectivity index (χ4v) is 5.93. The van der Waals surface area contributed by atoms with Crippen LogP contribution in [0.1, 0.15) is 22.3 Å². The van der Waals surface area contributed by atoms with Crippen LogP contribution in [0.15, 0.2) is 46.2 Å². The van der Waals surface area contributed by atoms with Gasteiger partial charge in [-0.15, -0.1) is 4.13 Å². The van der Waals surface area contributed by atoms with Crippen LogP contribution >= 0.6 is 0 Å².